The van der Waals surface area contributed by atoms with Crippen molar-refractivity contribution in [3.8, 4) is 0 Å². The Bertz CT molecular complexity index is 563. The maximum Gasteiger partial charge on any atom is 0.228 e. The molecule has 2 aromatic rings. The Morgan fingerprint density at radius 2 is 1.70 bits per heavy atom. The number of hydrogen-bond acceptors (Lipinski definition) is 2. The van der Waals surface area contributed by atoms with Crippen molar-refractivity contribution >= 4 is 11.6 Å². The third-order valence-electron chi connectivity index (χ3n) is 3.42. The van der Waals surface area contributed by atoms with Gasteiger partial charge in [0.1, 0.15) is 0 Å². The largest absolute Gasteiger partial charge is 0.324 e. The highest BCUT2D eigenvalue weighted by atomic mass is 16.2. The molecule has 0 spiro atoms. The minimum Gasteiger partial charge on any atom is -0.324 e. The van der Waals surface area contributed by atoms with Gasteiger partial charge in [-0.15, -0.1) is 0 Å². The van der Waals surface area contributed by atoms with E-state index in [1.54, 1.807) is 11.9 Å². The van der Waals surface area contributed by atoms with Gasteiger partial charge in [0.05, 0.1) is 0 Å². The summed E-state index contributed by atoms with van der Waals surface area (Å²) in [5, 5.41) is 0. The summed E-state index contributed by atoms with van der Waals surface area (Å²) in [7, 11) is 1.78. The van der Waals surface area contributed by atoms with Crippen LogP contribution >= 0.6 is 0 Å². The van der Waals surface area contributed by atoms with E-state index in [1.165, 1.54) is 5.56 Å². The van der Waals surface area contributed by atoms with E-state index in [-0.39, 0.29) is 11.9 Å². The topological polar surface area (TPSA) is 46.3 Å². The first kappa shape index (κ1) is 14.3. The molecule has 20 heavy (non-hydrogen) atoms. The number of amides is 1. The number of nitrogens with zero attached hydrogens (tertiary/aromatic N) is 1. The summed E-state index contributed by atoms with van der Waals surface area (Å²) in [6.07, 6.45) is 0.300. The first-order valence-electron chi connectivity index (χ1n) is 6.71. The minimum atomic E-state index is -0.267. The van der Waals surface area contributed by atoms with Crippen molar-refractivity contribution < 1.29 is 4.79 Å². The van der Waals surface area contributed by atoms with Gasteiger partial charge in [0.15, 0.2) is 0 Å². The first-order valence-corrected chi connectivity index (χ1v) is 6.71. The van der Waals surface area contributed by atoms with Crippen LogP contribution in [0.1, 0.15) is 23.6 Å². The molecule has 0 radical (unpaired) electrons. The second-order valence-electron chi connectivity index (χ2n) is 5.01. The van der Waals surface area contributed by atoms with E-state index in [1.807, 2.05) is 61.5 Å². The summed E-state index contributed by atoms with van der Waals surface area (Å²) in [6, 6.07) is 17.3. The summed E-state index contributed by atoms with van der Waals surface area (Å²) in [5.41, 5.74) is 9.14. The van der Waals surface area contributed by atoms with Crippen molar-refractivity contribution in [2.75, 3.05) is 11.9 Å². The number of hydrogen-bond donors (Lipinski definition) is 1. The van der Waals surface area contributed by atoms with Crippen LogP contribution in [0.2, 0.25) is 0 Å². The van der Waals surface area contributed by atoms with Gasteiger partial charge < -0.3 is 10.6 Å². The van der Waals surface area contributed by atoms with Gasteiger partial charge >= 0.3 is 0 Å². The fourth-order valence-electron chi connectivity index (χ4n) is 2.06. The summed E-state index contributed by atoms with van der Waals surface area (Å²) in [4.78, 5) is 13.9. The molecule has 0 saturated heterocycles. The van der Waals surface area contributed by atoms with Crippen LogP contribution in [0, 0.1) is 6.92 Å². The smallest absolute Gasteiger partial charge is 0.228 e. The molecule has 3 heteroatoms. The van der Waals surface area contributed by atoms with Crippen LogP contribution in [0.3, 0.4) is 0 Å². The Morgan fingerprint density at radius 1 is 1.10 bits per heavy atom. The fourth-order valence-corrected chi connectivity index (χ4v) is 2.06. The third-order valence-corrected chi connectivity index (χ3v) is 3.42. The van der Waals surface area contributed by atoms with Gasteiger partial charge in [0.2, 0.25) is 5.91 Å². The Morgan fingerprint density at radius 3 is 2.30 bits per heavy atom. The summed E-state index contributed by atoms with van der Waals surface area (Å²) in [5.74, 6) is 0.0187. The maximum absolute atomic E-state index is 12.3. The molecule has 3 nitrogen and oxygen atoms in total. The molecule has 1 amide bonds. The minimum absolute atomic E-state index is 0.0187. The van der Waals surface area contributed by atoms with Crippen molar-refractivity contribution in [1.82, 2.24) is 0 Å². The van der Waals surface area contributed by atoms with Gasteiger partial charge in [0.25, 0.3) is 0 Å². The number of benzene rings is 2. The molecule has 0 aliphatic carbocycles. The number of anilines is 1. The van der Waals surface area contributed by atoms with E-state index >= 15 is 0 Å². The lowest BCUT2D eigenvalue weighted by Gasteiger charge is -2.20. The van der Waals surface area contributed by atoms with Gasteiger partial charge in [0, 0.05) is 25.2 Å². The Hall–Kier alpha value is -2.13. The number of nitrogens with two attached hydrogens (primary N) is 1. The highest BCUT2D eigenvalue weighted by Crippen LogP contribution is 2.18. The highest BCUT2D eigenvalue weighted by molar-refractivity contribution is 5.93. The quantitative estimate of drug-likeness (QED) is 0.926. The summed E-state index contributed by atoms with van der Waals surface area (Å²) >= 11 is 0. The number of rotatable bonds is 4. The molecule has 104 valence electrons. The lowest BCUT2D eigenvalue weighted by molar-refractivity contribution is -0.118. The Balaban J connectivity index is 2.02. The molecular formula is C17H20N2O. The molecule has 1 atom stereocenters. The molecule has 0 aliphatic rings. The third kappa shape index (κ3) is 3.45. The fraction of sp³-hybridized carbons (Fsp3) is 0.235. The maximum atomic E-state index is 12.3. The number of carbonyl (C=O) groups excluding carboxylic acids is 1. The van der Waals surface area contributed by atoms with Crippen LogP contribution in [-0.2, 0) is 4.79 Å². The molecule has 2 aromatic carbocycles. The normalized spacial score (nSPS) is 11.9. The van der Waals surface area contributed by atoms with Gasteiger partial charge in [-0.1, -0.05) is 48.0 Å². The number of aryl methyl sites for hydroxylation is 1. The molecule has 0 bridgehead atoms. The second kappa shape index (κ2) is 6.35. The Labute approximate surface area is 120 Å². The average Bonchev–Trinajstić information content (AvgIpc) is 2.48. The molecule has 2 N–H and O–H groups in total. The monoisotopic (exact) mass is 268 g/mol. The van der Waals surface area contributed by atoms with E-state index in [4.69, 9.17) is 5.73 Å². The van der Waals surface area contributed by atoms with E-state index in [0.29, 0.717) is 6.42 Å². The zero-order valence-corrected chi connectivity index (χ0v) is 11.9. The lowest BCUT2D eigenvalue weighted by Crippen LogP contribution is -2.29. The summed E-state index contributed by atoms with van der Waals surface area (Å²) < 4.78 is 0. The van der Waals surface area contributed by atoms with Gasteiger partial charge in [-0.25, -0.2) is 0 Å². The van der Waals surface area contributed by atoms with Crippen molar-refractivity contribution in [3.05, 3.63) is 65.7 Å². The molecule has 0 saturated carbocycles. The molecule has 0 fully saturated rings. The van der Waals surface area contributed by atoms with E-state index in [2.05, 4.69) is 0 Å². The zero-order valence-electron chi connectivity index (χ0n) is 11.9. The standard InChI is InChI=1S/C17H20N2O/c1-13-8-10-15(11-9-13)19(2)17(20)12-16(18)14-6-4-3-5-7-14/h3-11,16H,12,18H2,1-2H3/t16-/m1/s1. The predicted octanol–water partition coefficient (Wildman–Crippen LogP) is 3.05. The van der Waals surface area contributed by atoms with Crippen molar-refractivity contribution in [3.63, 3.8) is 0 Å². The Kier molecular flexibility index (Phi) is 4.53. The van der Waals surface area contributed by atoms with Crippen LogP contribution in [0.4, 0.5) is 5.69 Å². The highest BCUT2D eigenvalue weighted by Gasteiger charge is 2.16. The van der Waals surface area contributed by atoms with Gasteiger partial charge in [-0.3, -0.25) is 4.79 Å². The predicted molar refractivity (Wildman–Crippen MR) is 82.6 cm³/mol. The first-order chi connectivity index (χ1) is 9.58. The summed E-state index contributed by atoms with van der Waals surface area (Å²) in [6.45, 7) is 2.02. The van der Waals surface area contributed by atoms with Gasteiger partial charge in [-0.2, -0.15) is 0 Å². The lowest BCUT2D eigenvalue weighted by atomic mass is 10.0. The zero-order chi connectivity index (χ0) is 14.5. The van der Waals surface area contributed by atoms with E-state index < -0.39 is 0 Å². The van der Waals surface area contributed by atoms with Crippen LogP contribution < -0.4 is 10.6 Å². The molecular weight excluding hydrogens is 248 g/mol. The SMILES string of the molecule is Cc1ccc(N(C)C(=O)C[C@@H](N)c2ccccc2)cc1. The molecule has 0 aromatic heterocycles. The second-order valence-corrected chi connectivity index (χ2v) is 5.01. The van der Waals surface area contributed by atoms with Crippen LogP contribution in [0.5, 0.6) is 0 Å². The van der Waals surface area contributed by atoms with E-state index in [9.17, 15) is 4.79 Å². The van der Waals surface area contributed by atoms with Crippen molar-refractivity contribution in [2.45, 2.75) is 19.4 Å². The molecule has 0 unspecified atom stereocenters. The molecule has 0 aliphatic heterocycles. The molecule has 2 rings (SSSR count). The van der Waals surface area contributed by atoms with Crippen LogP contribution in [0.25, 0.3) is 0 Å². The van der Waals surface area contributed by atoms with Crippen molar-refractivity contribution in [1.29, 1.82) is 0 Å². The van der Waals surface area contributed by atoms with E-state index in [0.717, 1.165) is 11.3 Å². The van der Waals surface area contributed by atoms with Crippen LogP contribution in [-0.4, -0.2) is 13.0 Å². The van der Waals surface area contributed by atoms with Crippen LogP contribution in [0.15, 0.2) is 54.6 Å². The number of carbonyl (C=O) groups is 1. The molecule has 0 heterocycles. The van der Waals surface area contributed by atoms with Crippen molar-refractivity contribution in [2.24, 2.45) is 5.73 Å². The van der Waals surface area contributed by atoms with Gasteiger partial charge in [-0.05, 0) is 24.6 Å². The average molecular weight is 268 g/mol.